The van der Waals surface area contributed by atoms with Gasteiger partial charge in [0, 0.05) is 11.1 Å². The minimum absolute atomic E-state index is 0.166. The molecule has 5 aromatic rings. The highest BCUT2D eigenvalue weighted by atomic mass is 16.6. The van der Waals surface area contributed by atoms with Gasteiger partial charge >= 0.3 is 0 Å². The van der Waals surface area contributed by atoms with Crippen molar-refractivity contribution < 1.29 is 29.5 Å². The molecule has 1 aliphatic heterocycles. The zero-order valence-corrected chi connectivity index (χ0v) is 23.0. The van der Waals surface area contributed by atoms with E-state index in [2.05, 4.69) is 15.0 Å². The van der Waals surface area contributed by atoms with E-state index in [9.17, 15) is 15.3 Å². The maximum atomic E-state index is 12.6. The zero-order valence-electron chi connectivity index (χ0n) is 23.0. The third-order valence-electron chi connectivity index (χ3n) is 7.98. The first-order chi connectivity index (χ1) is 20.4. The Bertz CT molecular complexity index is 1650. The van der Waals surface area contributed by atoms with Gasteiger partial charge in [0.15, 0.2) is 17.7 Å². The third kappa shape index (κ3) is 4.17. The maximum absolute atomic E-state index is 12.6. The Balaban J connectivity index is 1.57. The first kappa shape index (κ1) is 27.6. The maximum Gasteiger partial charge on any atom is 0.167 e. The van der Waals surface area contributed by atoms with E-state index in [1.807, 2.05) is 66.7 Å². The normalized spacial score (nSPS) is 21.4. The second-order valence-corrected chi connectivity index (χ2v) is 10.1. The van der Waals surface area contributed by atoms with Gasteiger partial charge in [-0.2, -0.15) is 0 Å². The summed E-state index contributed by atoms with van der Waals surface area (Å²) in [6.45, 7) is 0. The molecule has 42 heavy (non-hydrogen) atoms. The lowest BCUT2D eigenvalue weighted by molar-refractivity contribution is -0.0976. The van der Waals surface area contributed by atoms with E-state index < -0.39 is 36.1 Å². The molecule has 216 valence electrons. The number of nitrogens with zero attached hydrogens (tertiary/aromatic N) is 4. The van der Waals surface area contributed by atoms with Crippen LogP contribution in [-0.4, -0.2) is 73.5 Å². The molecule has 5 atom stereocenters. The van der Waals surface area contributed by atoms with Gasteiger partial charge < -0.3 is 35.3 Å². The number of para-hydroxylation sites is 2. The quantitative estimate of drug-likeness (QED) is 0.205. The van der Waals surface area contributed by atoms with Gasteiger partial charge in [0.25, 0.3) is 0 Å². The van der Waals surface area contributed by atoms with Crippen LogP contribution in [0, 0.1) is 0 Å². The molecule has 0 radical (unpaired) electrons. The highest BCUT2D eigenvalue weighted by Crippen LogP contribution is 2.51. The van der Waals surface area contributed by atoms with Crippen LogP contribution >= 0.6 is 0 Å². The van der Waals surface area contributed by atoms with E-state index in [0.717, 1.165) is 0 Å². The number of aliphatic hydroxyl groups excluding tert-OH is 3. The molecule has 0 saturated carbocycles. The summed E-state index contributed by atoms with van der Waals surface area (Å²) in [5.41, 5.74) is 7.12. The molecule has 0 spiro atoms. The summed E-state index contributed by atoms with van der Waals surface area (Å²) in [7, 11) is 3.11. The number of ether oxygens (including phenoxy) is 3. The van der Waals surface area contributed by atoms with E-state index in [1.54, 1.807) is 26.4 Å². The van der Waals surface area contributed by atoms with Crippen molar-refractivity contribution >= 4 is 17.0 Å². The number of hydrogen-bond donors (Lipinski definition) is 4. The van der Waals surface area contributed by atoms with Gasteiger partial charge in [0.05, 0.1) is 26.0 Å². The number of hydrogen-bond acceptors (Lipinski definition) is 10. The van der Waals surface area contributed by atoms with Crippen molar-refractivity contribution in [2.24, 2.45) is 0 Å². The van der Waals surface area contributed by atoms with E-state index >= 15 is 0 Å². The van der Waals surface area contributed by atoms with Crippen LogP contribution in [0.15, 0.2) is 91.5 Å². The van der Waals surface area contributed by atoms with Crippen LogP contribution in [0.3, 0.4) is 0 Å². The lowest BCUT2D eigenvalue weighted by Gasteiger charge is -2.43. The molecule has 11 heteroatoms. The Morgan fingerprint density at radius 1 is 0.833 bits per heavy atom. The molecule has 1 fully saturated rings. The van der Waals surface area contributed by atoms with Crippen LogP contribution in [0.1, 0.15) is 22.9 Å². The zero-order chi connectivity index (χ0) is 29.4. The fraction of sp³-hybridized carbons (Fsp3) is 0.258. The molecule has 0 aliphatic carbocycles. The monoisotopic (exact) mass is 569 g/mol. The minimum Gasteiger partial charge on any atom is -0.496 e. The van der Waals surface area contributed by atoms with Crippen LogP contribution in [0.2, 0.25) is 0 Å². The van der Waals surface area contributed by atoms with Gasteiger partial charge in [-0.1, -0.05) is 66.7 Å². The first-order valence-electron chi connectivity index (χ1n) is 13.4. The molecule has 1 aliphatic rings. The van der Waals surface area contributed by atoms with Gasteiger partial charge in [0.2, 0.25) is 0 Å². The summed E-state index contributed by atoms with van der Waals surface area (Å²) in [5, 5.41) is 35.4. The van der Waals surface area contributed by atoms with Crippen LogP contribution in [0.4, 0.5) is 5.82 Å². The van der Waals surface area contributed by atoms with Crippen molar-refractivity contribution in [1.29, 1.82) is 0 Å². The van der Waals surface area contributed by atoms with Crippen molar-refractivity contribution in [3.63, 3.8) is 0 Å². The molecule has 11 nitrogen and oxygen atoms in total. The Morgan fingerprint density at radius 2 is 1.43 bits per heavy atom. The van der Waals surface area contributed by atoms with Crippen LogP contribution < -0.4 is 15.2 Å². The van der Waals surface area contributed by atoms with E-state index in [0.29, 0.717) is 39.4 Å². The van der Waals surface area contributed by atoms with Gasteiger partial charge in [0.1, 0.15) is 47.8 Å². The number of rotatable bonds is 8. The topological polar surface area (TPSA) is 158 Å². The van der Waals surface area contributed by atoms with Gasteiger partial charge in [-0.3, -0.25) is 4.57 Å². The number of benzene rings is 3. The highest BCUT2D eigenvalue weighted by Gasteiger charge is 2.56. The fourth-order valence-electron chi connectivity index (χ4n) is 6.07. The molecule has 6 rings (SSSR count). The molecule has 5 N–H and O–H groups in total. The highest BCUT2D eigenvalue weighted by molar-refractivity contribution is 5.81. The molecule has 0 amide bonds. The predicted octanol–water partition coefficient (Wildman–Crippen LogP) is 2.44. The summed E-state index contributed by atoms with van der Waals surface area (Å²) in [4.78, 5) is 12.5. The van der Waals surface area contributed by atoms with Crippen molar-refractivity contribution in [2.75, 3.05) is 20.0 Å². The molecular formula is C31H31N5O6. The summed E-state index contributed by atoms with van der Waals surface area (Å²) in [6, 6.07) is 24.1. The van der Waals surface area contributed by atoms with Crippen molar-refractivity contribution in [3.8, 4) is 11.5 Å². The molecule has 1 unspecified atom stereocenters. The molecule has 0 bridgehead atoms. The average molecular weight is 570 g/mol. The number of nitrogens with two attached hydrogens (primary N) is 1. The number of aliphatic hydroxyl groups is 3. The van der Waals surface area contributed by atoms with Crippen LogP contribution in [-0.2, 0) is 10.2 Å². The second-order valence-electron chi connectivity index (χ2n) is 10.1. The lowest BCUT2D eigenvalue weighted by atomic mass is 9.63. The fourth-order valence-corrected chi connectivity index (χ4v) is 6.07. The number of nitrogen functional groups attached to an aromatic ring is 1. The first-order valence-corrected chi connectivity index (χ1v) is 13.4. The number of aromatic nitrogens is 4. The van der Waals surface area contributed by atoms with Crippen molar-refractivity contribution in [2.45, 2.75) is 36.1 Å². The van der Waals surface area contributed by atoms with E-state index in [1.165, 1.54) is 17.2 Å². The smallest absolute Gasteiger partial charge is 0.167 e. The molecular weight excluding hydrogens is 538 g/mol. The van der Waals surface area contributed by atoms with E-state index in [4.69, 9.17) is 19.9 Å². The minimum atomic E-state index is -1.51. The number of imidazole rings is 1. The van der Waals surface area contributed by atoms with E-state index in [-0.39, 0.29) is 5.82 Å². The summed E-state index contributed by atoms with van der Waals surface area (Å²) < 4.78 is 19.5. The number of methoxy groups -OCH3 is 2. The Morgan fingerprint density at radius 3 is 2.05 bits per heavy atom. The molecule has 2 aromatic heterocycles. The van der Waals surface area contributed by atoms with Gasteiger partial charge in [-0.15, -0.1) is 0 Å². The molecule has 1 saturated heterocycles. The average Bonchev–Trinajstić information content (AvgIpc) is 3.59. The second kappa shape index (κ2) is 11.0. The van der Waals surface area contributed by atoms with Crippen molar-refractivity contribution in [1.82, 2.24) is 19.5 Å². The molecule has 3 heterocycles. The number of anilines is 1. The lowest BCUT2D eigenvalue weighted by Crippen LogP contribution is -2.52. The van der Waals surface area contributed by atoms with Gasteiger partial charge in [-0.05, 0) is 17.7 Å². The third-order valence-corrected chi connectivity index (χ3v) is 7.98. The van der Waals surface area contributed by atoms with Crippen LogP contribution in [0.25, 0.3) is 11.2 Å². The van der Waals surface area contributed by atoms with Crippen molar-refractivity contribution in [3.05, 3.63) is 108 Å². The standard InChI is InChI=1S/C31H31N5O6/c1-40-21-14-8-6-12-19(21)31(18-10-4-3-5-11-18,20-13-7-9-15-22(20)41-2)27(39)26-24(37)25(38)30(42-26)36-17-35-23-28(32)33-16-34-29(23)36/h3-17,24-27,30,37-39H,1-2H3,(H2,32,33,34)/t24-,25+,26-,27?,30+/m0/s1. The largest absolute Gasteiger partial charge is 0.496 e. The Hall–Kier alpha value is -4.55. The Kier molecular flexibility index (Phi) is 7.25. The van der Waals surface area contributed by atoms with Gasteiger partial charge in [-0.25, -0.2) is 15.0 Å². The molecule has 3 aromatic carbocycles. The Labute approximate surface area is 241 Å². The number of fused-ring (bicyclic) bond motifs is 1. The SMILES string of the molecule is COc1ccccc1C(c1ccccc1)(c1ccccc1OC)C(O)[C@H]1O[C@@H](n2cnc3c(N)ncnc32)[C@H](O)[C@@H]1O. The van der Waals surface area contributed by atoms with Crippen LogP contribution in [0.5, 0.6) is 11.5 Å². The summed E-state index contributed by atoms with van der Waals surface area (Å²) in [6.07, 6.45) is -4.16. The summed E-state index contributed by atoms with van der Waals surface area (Å²) >= 11 is 0. The summed E-state index contributed by atoms with van der Waals surface area (Å²) in [5.74, 6) is 1.17. The predicted molar refractivity (Wildman–Crippen MR) is 154 cm³/mol.